The molecule has 2 heterocycles. The molecule has 0 aliphatic carbocycles. The van der Waals surface area contributed by atoms with E-state index in [9.17, 15) is 9.59 Å². The lowest BCUT2D eigenvalue weighted by Gasteiger charge is -2.26. The van der Waals surface area contributed by atoms with E-state index in [2.05, 4.69) is 28.4 Å². The van der Waals surface area contributed by atoms with E-state index >= 15 is 0 Å². The van der Waals surface area contributed by atoms with Crippen LogP contribution in [0.1, 0.15) is 23.5 Å². The molecule has 8 heteroatoms. The Morgan fingerprint density at radius 2 is 2.14 bits per heavy atom. The highest BCUT2D eigenvalue weighted by Gasteiger charge is 2.33. The fourth-order valence-corrected chi connectivity index (χ4v) is 3.68. The summed E-state index contributed by atoms with van der Waals surface area (Å²) in [5.41, 5.74) is 0.800. The largest absolute Gasteiger partial charge is 0.493 e. The Balaban J connectivity index is 2.13. The van der Waals surface area contributed by atoms with E-state index in [0.717, 1.165) is 0 Å². The van der Waals surface area contributed by atoms with E-state index in [1.807, 2.05) is 6.07 Å². The van der Waals surface area contributed by atoms with Crippen molar-refractivity contribution in [3.63, 3.8) is 0 Å². The molecule has 0 unspecified atom stereocenters. The molecule has 0 saturated heterocycles. The van der Waals surface area contributed by atoms with E-state index in [1.54, 1.807) is 31.4 Å². The first-order chi connectivity index (χ1) is 13.6. The second-order valence-electron chi connectivity index (χ2n) is 6.02. The van der Waals surface area contributed by atoms with Crippen molar-refractivity contribution in [1.29, 1.82) is 0 Å². The molecule has 0 bridgehead atoms. The predicted molar refractivity (Wildman–Crippen MR) is 110 cm³/mol. The molecular weight excluding hydrogens is 378 g/mol. The van der Waals surface area contributed by atoms with Gasteiger partial charge in [0.15, 0.2) is 16.7 Å². The Morgan fingerprint density at radius 1 is 1.32 bits per heavy atom. The number of fused-ring (bicyclic) bond motifs is 1. The molecule has 28 heavy (non-hydrogen) atoms. The van der Waals surface area contributed by atoms with E-state index in [0.29, 0.717) is 33.5 Å². The van der Waals surface area contributed by atoms with Crippen LogP contribution in [0.2, 0.25) is 0 Å². The van der Waals surface area contributed by atoms with Crippen LogP contribution in [0, 0.1) is 0 Å². The molecule has 1 atom stereocenters. The summed E-state index contributed by atoms with van der Waals surface area (Å²) in [5.74, 6) is 1.15. The number of H-pyrrole nitrogens is 1. The number of thioether (sulfide) groups is 1. The van der Waals surface area contributed by atoms with Crippen LogP contribution in [0.3, 0.4) is 0 Å². The topological polar surface area (TPSA) is 93.3 Å². The number of aromatic nitrogens is 2. The van der Waals surface area contributed by atoms with Crippen LogP contribution >= 0.6 is 11.8 Å². The lowest BCUT2D eigenvalue weighted by Crippen LogP contribution is -2.31. The highest BCUT2D eigenvalue weighted by atomic mass is 32.2. The third-order valence-corrected chi connectivity index (χ3v) is 5.09. The fraction of sp³-hybridized carbons (Fsp3) is 0.250. The summed E-state index contributed by atoms with van der Waals surface area (Å²) in [6.45, 7) is 7.59. The molecule has 0 saturated carbocycles. The number of benzene rings is 1. The SMILES string of the molecule is C=CCOc1c(OC)cccc1[C@@H]1CC(=O)Nc2nc(SCC=C)[nH]c(=O)c21. The summed E-state index contributed by atoms with van der Waals surface area (Å²) in [6.07, 6.45) is 3.44. The number of rotatable bonds is 8. The standard InChI is InChI=1S/C20H21N3O4S/c1-4-9-27-17-12(7-6-8-14(17)26-3)13-11-15(24)21-18-16(13)19(25)23-20(22-18)28-10-5-2/h4-8,13H,1-2,9-11H2,3H3,(H2,21,22,23,24,25)/t13-/m0/s1. The van der Waals surface area contributed by atoms with Gasteiger partial charge in [-0.15, -0.1) is 6.58 Å². The number of hydrogen-bond acceptors (Lipinski definition) is 6. The van der Waals surface area contributed by atoms with Crippen molar-refractivity contribution < 1.29 is 14.3 Å². The summed E-state index contributed by atoms with van der Waals surface area (Å²) in [6, 6.07) is 5.40. The van der Waals surface area contributed by atoms with E-state index < -0.39 is 5.92 Å². The van der Waals surface area contributed by atoms with Gasteiger partial charge >= 0.3 is 0 Å². The van der Waals surface area contributed by atoms with E-state index in [1.165, 1.54) is 11.8 Å². The Kier molecular flexibility index (Phi) is 6.20. The van der Waals surface area contributed by atoms with Crippen LogP contribution in [-0.2, 0) is 4.79 Å². The average molecular weight is 399 g/mol. The summed E-state index contributed by atoms with van der Waals surface area (Å²) < 4.78 is 11.2. The van der Waals surface area contributed by atoms with Gasteiger partial charge in [-0.05, 0) is 6.07 Å². The third kappa shape index (κ3) is 3.96. The van der Waals surface area contributed by atoms with Crippen molar-refractivity contribution in [1.82, 2.24) is 9.97 Å². The lowest BCUT2D eigenvalue weighted by molar-refractivity contribution is -0.116. The number of amides is 1. The van der Waals surface area contributed by atoms with Crippen molar-refractivity contribution in [2.45, 2.75) is 17.5 Å². The Morgan fingerprint density at radius 3 is 2.86 bits per heavy atom. The Labute approximate surface area is 166 Å². The summed E-state index contributed by atoms with van der Waals surface area (Å²) in [7, 11) is 1.54. The smallest absolute Gasteiger partial charge is 0.257 e. The molecular formula is C20H21N3O4S. The van der Waals surface area contributed by atoms with Crippen molar-refractivity contribution in [3.8, 4) is 11.5 Å². The van der Waals surface area contributed by atoms with E-state index in [-0.39, 0.29) is 30.3 Å². The minimum absolute atomic E-state index is 0.106. The van der Waals surface area contributed by atoms with Crippen LogP contribution in [-0.4, -0.2) is 35.3 Å². The van der Waals surface area contributed by atoms with Gasteiger partial charge in [0, 0.05) is 23.7 Å². The molecule has 3 rings (SSSR count). The van der Waals surface area contributed by atoms with Gasteiger partial charge in [-0.25, -0.2) is 4.98 Å². The number of carbonyl (C=O) groups is 1. The second kappa shape index (κ2) is 8.79. The summed E-state index contributed by atoms with van der Waals surface area (Å²) in [4.78, 5) is 32.4. The maximum absolute atomic E-state index is 12.8. The molecule has 2 aromatic rings. The van der Waals surface area contributed by atoms with Crippen LogP contribution < -0.4 is 20.3 Å². The molecule has 1 aliphatic heterocycles. The van der Waals surface area contributed by atoms with Crippen LogP contribution in [0.5, 0.6) is 11.5 Å². The lowest BCUT2D eigenvalue weighted by atomic mass is 9.86. The number of aromatic amines is 1. The number of carbonyl (C=O) groups excluding carboxylic acids is 1. The average Bonchev–Trinajstić information content (AvgIpc) is 2.69. The monoisotopic (exact) mass is 399 g/mol. The quantitative estimate of drug-likeness (QED) is 0.403. The van der Waals surface area contributed by atoms with Gasteiger partial charge in [0.05, 0.1) is 12.7 Å². The maximum atomic E-state index is 12.8. The number of para-hydroxylation sites is 1. The highest BCUT2D eigenvalue weighted by Crippen LogP contribution is 2.42. The number of hydrogen-bond donors (Lipinski definition) is 2. The highest BCUT2D eigenvalue weighted by molar-refractivity contribution is 7.99. The van der Waals surface area contributed by atoms with Gasteiger partial charge in [0.2, 0.25) is 5.91 Å². The fourth-order valence-electron chi connectivity index (χ4n) is 3.09. The number of methoxy groups -OCH3 is 1. The third-order valence-electron chi connectivity index (χ3n) is 4.22. The molecule has 2 N–H and O–H groups in total. The van der Waals surface area contributed by atoms with Crippen molar-refractivity contribution in [3.05, 3.63) is 65.0 Å². The second-order valence-corrected chi connectivity index (χ2v) is 7.02. The first-order valence-corrected chi connectivity index (χ1v) is 9.66. The Hall–Kier alpha value is -3.00. The number of anilines is 1. The minimum atomic E-state index is -0.506. The van der Waals surface area contributed by atoms with Crippen molar-refractivity contribution >= 4 is 23.5 Å². The Bertz CT molecular complexity index is 970. The zero-order valence-electron chi connectivity index (χ0n) is 15.5. The van der Waals surface area contributed by atoms with Gasteiger partial charge < -0.3 is 19.8 Å². The predicted octanol–water partition coefficient (Wildman–Crippen LogP) is 3.10. The van der Waals surface area contributed by atoms with Gasteiger partial charge in [-0.2, -0.15) is 0 Å². The molecule has 1 amide bonds. The molecule has 0 radical (unpaired) electrons. The van der Waals surface area contributed by atoms with E-state index in [4.69, 9.17) is 9.47 Å². The summed E-state index contributed by atoms with van der Waals surface area (Å²) in [5, 5.41) is 3.14. The molecule has 1 aromatic carbocycles. The van der Waals surface area contributed by atoms with Crippen LogP contribution in [0.25, 0.3) is 0 Å². The molecule has 7 nitrogen and oxygen atoms in total. The first-order valence-electron chi connectivity index (χ1n) is 8.67. The van der Waals surface area contributed by atoms with Crippen molar-refractivity contribution in [2.75, 3.05) is 24.8 Å². The van der Waals surface area contributed by atoms with Crippen LogP contribution in [0.15, 0.2) is 53.5 Å². The van der Waals surface area contributed by atoms with Gasteiger partial charge in [0.25, 0.3) is 5.56 Å². The van der Waals surface area contributed by atoms with Crippen molar-refractivity contribution in [2.24, 2.45) is 0 Å². The first kappa shape index (κ1) is 19.8. The number of nitrogens with one attached hydrogen (secondary N) is 2. The maximum Gasteiger partial charge on any atom is 0.257 e. The van der Waals surface area contributed by atoms with Gasteiger partial charge in [-0.3, -0.25) is 9.59 Å². The van der Waals surface area contributed by atoms with Gasteiger partial charge in [-0.1, -0.05) is 42.6 Å². The zero-order valence-corrected chi connectivity index (χ0v) is 16.3. The molecule has 0 fully saturated rings. The normalized spacial score (nSPS) is 15.3. The molecule has 146 valence electrons. The van der Waals surface area contributed by atoms with Gasteiger partial charge in [0.1, 0.15) is 12.4 Å². The molecule has 0 spiro atoms. The molecule has 1 aromatic heterocycles. The number of nitrogens with zero attached hydrogens (tertiary/aromatic N) is 1. The molecule has 1 aliphatic rings. The van der Waals surface area contributed by atoms with Crippen LogP contribution in [0.4, 0.5) is 5.82 Å². The zero-order chi connectivity index (χ0) is 20.1. The summed E-state index contributed by atoms with van der Waals surface area (Å²) >= 11 is 1.33. The minimum Gasteiger partial charge on any atom is -0.493 e. The number of ether oxygens (including phenoxy) is 2.